The molecule has 136 valence electrons. The van der Waals surface area contributed by atoms with Gasteiger partial charge in [0.2, 0.25) is 5.91 Å². The Bertz CT molecular complexity index is 1020. The molecule has 1 aliphatic carbocycles. The van der Waals surface area contributed by atoms with Crippen LogP contribution in [0.4, 0.5) is 5.82 Å². The lowest BCUT2D eigenvalue weighted by molar-refractivity contribution is -0.116. The standard InChI is InChI=1S/C17H20N6O3/c1-17(5-3-4-6-17)12-7-13(21-26-12)20-14(24)9-23-10-18-15-11(16(23)25)8-19-22(15)2/h7-8,10H,3-6,9H2,1-2H3,(H,20,21,24). The van der Waals surface area contributed by atoms with E-state index in [-0.39, 0.29) is 23.4 Å². The number of nitrogens with one attached hydrogen (secondary N) is 1. The number of hydrogen-bond donors (Lipinski definition) is 1. The van der Waals surface area contributed by atoms with Crippen molar-refractivity contribution in [1.82, 2.24) is 24.5 Å². The summed E-state index contributed by atoms with van der Waals surface area (Å²) in [7, 11) is 1.71. The Hall–Kier alpha value is -2.97. The van der Waals surface area contributed by atoms with E-state index >= 15 is 0 Å². The number of carbonyl (C=O) groups is 1. The van der Waals surface area contributed by atoms with Gasteiger partial charge in [-0.2, -0.15) is 5.10 Å². The van der Waals surface area contributed by atoms with E-state index in [1.807, 2.05) is 0 Å². The van der Waals surface area contributed by atoms with E-state index in [0.29, 0.717) is 16.9 Å². The van der Waals surface area contributed by atoms with Gasteiger partial charge in [0.05, 0.1) is 6.20 Å². The molecule has 1 saturated carbocycles. The molecule has 9 heteroatoms. The molecular weight excluding hydrogens is 336 g/mol. The predicted octanol–water partition coefficient (Wildman–Crippen LogP) is 1.59. The van der Waals surface area contributed by atoms with Gasteiger partial charge in [-0.05, 0) is 12.8 Å². The molecule has 3 heterocycles. The van der Waals surface area contributed by atoms with Crippen LogP contribution in [-0.4, -0.2) is 30.4 Å². The maximum absolute atomic E-state index is 12.4. The van der Waals surface area contributed by atoms with Crippen molar-refractivity contribution in [1.29, 1.82) is 0 Å². The van der Waals surface area contributed by atoms with E-state index in [1.54, 1.807) is 13.1 Å². The summed E-state index contributed by atoms with van der Waals surface area (Å²) in [6, 6.07) is 1.77. The first-order valence-corrected chi connectivity index (χ1v) is 8.60. The van der Waals surface area contributed by atoms with Gasteiger partial charge in [-0.15, -0.1) is 0 Å². The number of amides is 1. The van der Waals surface area contributed by atoms with Gasteiger partial charge in [-0.25, -0.2) is 4.98 Å². The van der Waals surface area contributed by atoms with Gasteiger partial charge < -0.3 is 9.84 Å². The van der Waals surface area contributed by atoms with Gasteiger partial charge in [0.25, 0.3) is 5.56 Å². The molecule has 3 aromatic heterocycles. The van der Waals surface area contributed by atoms with Crippen LogP contribution in [0, 0.1) is 0 Å². The lowest BCUT2D eigenvalue weighted by atomic mass is 9.86. The Morgan fingerprint density at radius 1 is 1.38 bits per heavy atom. The third-order valence-electron chi connectivity index (χ3n) is 5.11. The van der Waals surface area contributed by atoms with Gasteiger partial charge in [0.15, 0.2) is 11.5 Å². The molecule has 1 aliphatic rings. The highest BCUT2D eigenvalue weighted by Crippen LogP contribution is 2.41. The van der Waals surface area contributed by atoms with Crippen LogP contribution in [0.3, 0.4) is 0 Å². The van der Waals surface area contributed by atoms with Crippen LogP contribution in [0.15, 0.2) is 27.9 Å². The zero-order valence-electron chi connectivity index (χ0n) is 14.7. The fraction of sp³-hybridized carbons (Fsp3) is 0.471. The molecule has 0 spiro atoms. The number of aryl methyl sites for hydroxylation is 1. The topological polar surface area (TPSA) is 108 Å². The van der Waals surface area contributed by atoms with Crippen LogP contribution in [0.1, 0.15) is 38.4 Å². The van der Waals surface area contributed by atoms with E-state index < -0.39 is 0 Å². The van der Waals surface area contributed by atoms with E-state index in [4.69, 9.17) is 4.52 Å². The smallest absolute Gasteiger partial charge is 0.264 e. The van der Waals surface area contributed by atoms with Crippen molar-refractivity contribution in [2.75, 3.05) is 5.32 Å². The molecular formula is C17H20N6O3. The zero-order chi connectivity index (χ0) is 18.3. The molecule has 26 heavy (non-hydrogen) atoms. The summed E-state index contributed by atoms with van der Waals surface area (Å²) in [6.07, 6.45) is 7.26. The number of nitrogens with zero attached hydrogens (tertiary/aromatic N) is 5. The van der Waals surface area contributed by atoms with Crippen LogP contribution in [0.5, 0.6) is 0 Å². The van der Waals surface area contributed by atoms with Crippen LogP contribution in [0.25, 0.3) is 11.0 Å². The summed E-state index contributed by atoms with van der Waals surface area (Å²) in [6.45, 7) is 2.00. The molecule has 0 aliphatic heterocycles. The van der Waals surface area contributed by atoms with E-state index in [0.717, 1.165) is 18.6 Å². The average Bonchev–Trinajstić information content (AvgIpc) is 3.32. The third-order valence-corrected chi connectivity index (χ3v) is 5.11. The normalized spacial score (nSPS) is 16.2. The lowest BCUT2D eigenvalue weighted by Gasteiger charge is -2.18. The highest BCUT2D eigenvalue weighted by atomic mass is 16.5. The first-order valence-electron chi connectivity index (χ1n) is 8.60. The number of fused-ring (bicyclic) bond motifs is 1. The Morgan fingerprint density at radius 3 is 2.92 bits per heavy atom. The Labute approximate surface area is 149 Å². The molecule has 0 radical (unpaired) electrons. The first-order chi connectivity index (χ1) is 12.5. The minimum Gasteiger partial charge on any atom is -0.359 e. The monoisotopic (exact) mass is 356 g/mol. The second-order valence-corrected chi connectivity index (χ2v) is 7.08. The van der Waals surface area contributed by atoms with Crippen molar-refractivity contribution in [2.24, 2.45) is 7.05 Å². The maximum Gasteiger partial charge on any atom is 0.264 e. The lowest BCUT2D eigenvalue weighted by Crippen LogP contribution is -2.28. The van der Waals surface area contributed by atoms with Gasteiger partial charge in [-0.3, -0.25) is 18.8 Å². The predicted molar refractivity (Wildman–Crippen MR) is 93.7 cm³/mol. The Morgan fingerprint density at radius 2 is 2.15 bits per heavy atom. The molecule has 4 rings (SSSR count). The van der Waals surface area contributed by atoms with Crippen molar-refractivity contribution >= 4 is 22.8 Å². The van der Waals surface area contributed by atoms with E-state index in [2.05, 4.69) is 27.5 Å². The first kappa shape index (κ1) is 16.5. The molecule has 9 nitrogen and oxygen atoms in total. The van der Waals surface area contributed by atoms with Crippen molar-refractivity contribution in [2.45, 2.75) is 44.6 Å². The molecule has 3 aromatic rings. The molecule has 0 unspecified atom stereocenters. The molecule has 1 fully saturated rings. The molecule has 0 aromatic carbocycles. The van der Waals surface area contributed by atoms with Gasteiger partial charge >= 0.3 is 0 Å². The third kappa shape index (κ3) is 2.79. The number of rotatable bonds is 4. The van der Waals surface area contributed by atoms with Gasteiger partial charge in [-0.1, -0.05) is 24.9 Å². The minimum atomic E-state index is -0.367. The minimum absolute atomic E-state index is 0.0117. The van der Waals surface area contributed by atoms with Gasteiger partial charge in [0.1, 0.15) is 24.0 Å². The van der Waals surface area contributed by atoms with Crippen molar-refractivity contribution in [3.05, 3.63) is 34.7 Å². The molecule has 1 amide bonds. The van der Waals surface area contributed by atoms with Crippen molar-refractivity contribution in [3.8, 4) is 0 Å². The molecule has 1 N–H and O–H groups in total. The molecule has 0 saturated heterocycles. The summed E-state index contributed by atoms with van der Waals surface area (Å²) >= 11 is 0. The summed E-state index contributed by atoms with van der Waals surface area (Å²) in [5.41, 5.74) is 0.164. The van der Waals surface area contributed by atoms with E-state index in [1.165, 1.54) is 34.6 Å². The fourth-order valence-corrected chi connectivity index (χ4v) is 3.54. The highest BCUT2D eigenvalue weighted by molar-refractivity contribution is 5.89. The molecule has 0 bridgehead atoms. The second kappa shape index (κ2) is 6.08. The number of hydrogen-bond acceptors (Lipinski definition) is 6. The van der Waals surface area contributed by atoms with Crippen LogP contribution in [-0.2, 0) is 23.8 Å². The summed E-state index contributed by atoms with van der Waals surface area (Å²) < 4.78 is 8.19. The van der Waals surface area contributed by atoms with Crippen molar-refractivity contribution in [3.63, 3.8) is 0 Å². The summed E-state index contributed by atoms with van der Waals surface area (Å²) in [5.74, 6) is 0.788. The van der Waals surface area contributed by atoms with Gasteiger partial charge in [0, 0.05) is 18.5 Å². The average molecular weight is 356 g/mol. The highest BCUT2D eigenvalue weighted by Gasteiger charge is 2.34. The number of aromatic nitrogens is 5. The summed E-state index contributed by atoms with van der Waals surface area (Å²) in [5, 5.41) is 11.0. The number of anilines is 1. The fourth-order valence-electron chi connectivity index (χ4n) is 3.54. The largest absolute Gasteiger partial charge is 0.359 e. The van der Waals surface area contributed by atoms with E-state index in [9.17, 15) is 9.59 Å². The van der Waals surface area contributed by atoms with Crippen LogP contribution < -0.4 is 10.9 Å². The second-order valence-electron chi connectivity index (χ2n) is 7.08. The Kier molecular flexibility index (Phi) is 3.86. The summed E-state index contributed by atoms with van der Waals surface area (Å²) in [4.78, 5) is 28.9. The van der Waals surface area contributed by atoms with Crippen LogP contribution >= 0.6 is 0 Å². The Balaban J connectivity index is 1.49. The zero-order valence-corrected chi connectivity index (χ0v) is 14.7. The SMILES string of the molecule is Cn1ncc2c(=O)n(CC(=O)Nc3cc(C4(C)CCCC4)on3)cnc21. The van der Waals surface area contributed by atoms with Crippen molar-refractivity contribution < 1.29 is 9.32 Å². The quantitative estimate of drug-likeness (QED) is 0.760. The molecule has 0 atom stereocenters. The van der Waals surface area contributed by atoms with Crippen LogP contribution in [0.2, 0.25) is 0 Å². The maximum atomic E-state index is 12.4. The number of carbonyl (C=O) groups excluding carboxylic acids is 1.